The molecule has 0 saturated carbocycles. The van der Waals surface area contributed by atoms with Crippen molar-refractivity contribution in [2.24, 2.45) is 5.10 Å². The van der Waals surface area contributed by atoms with Gasteiger partial charge in [-0.1, -0.05) is 15.9 Å². The summed E-state index contributed by atoms with van der Waals surface area (Å²) >= 11 is 3.25. The number of hydrogen-bond donors (Lipinski definition) is 3. The van der Waals surface area contributed by atoms with E-state index >= 15 is 0 Å². The number of nitrogens with one attached hydrogen (secondary N) is 1. The number of anilines is 1. The first-order chi connectivity index (χ1) is 9.08. The second-order valence-electron chi connectivity index (χ2n) is 3.40. The van der Waals surface area contributed by atoms with Crippen molar-refractivity contribution in [1.82, 2.24) is 15.7 Å². The minimum atomic E-state index is -0.663. The predicted molar refractivity (Wildman–Crippen MR) is 76.8 cm³/mol. The van der Waals surface area contributed by atoms with Gasteiger partial charge < -0.3 is 10.8 Å². The van der Waals surface area contributed by atoms with E-state index in [1.807, 2.05) is 0 Å². The zero-order valence-electron chi connectivity index (χ0n) is 9.78. The number of nitrogens with zero attached hydrogens (tertiary/aromatic N) is 3. The first-order valence-electron chi connectivity index (χ1n) is 4.98. The molecule has 1 amide bonds. The molecule has 2 aromatic rings. The van der Waals surface area contributed by atoms with Gasteiger partial charge >= 0.3 is 0 Å². The molecule has 0 atom stereocenters. The molecule has 1 aromatic carbocycles. The van der Waals surface area contributed by atoms with E-state index in [0.717, 1.165) is 4.47 Å². The number of benzene rings is 1. The lowest BCUT2D eigenvalue weighted by Crippen LogP contribution is -2.19. The number of carbonyl (C=O) groups excluding carboxylic acids is 1. The zero-order valence-corrected chi connectivity index (χ0v) is 12.2. The van der Waals surface area contributed by atoms with Crippen molar-refractivity contribution >= 4 is 46.3 Å². The van der Waals surface area contributed by atoms with Crippen molar-refractivity contribution in [3.05, 3.63) is 33.9 Å². The van der Waals surface area contributed by atoms with Crippen LogP contribution in [0.5, 0.6) is 5.75 Å². The van der Waals surface area contributed by atoms with E-state index in [0.29, 0.717) is 5.56 Å². The van der Waals surface area contributed by atoms with Crippen LogP contribution in [-0.2, 0) is 0 Å². The van der Waals surface area contributed by atoms with Crippen molar-refractivity contribution in [3.63, 3.8) is 0 Å². The quantitative estimate of drug-likeness (QED) is 0.558. The Bertz CT molecular complexity index is 646. The van der Waals surface area contributed by atoms with Gasteiger partial charge in [0.25, 0.3) is 5.91 Å². The van der Waals surface area contributed by atoms with Gasteiger partial charge in [-0.25, -0.2) is 10.1 Å². The number of phenols is 1. The Morgan fingerprint density at radius 2 is 2.25 bits per heavy atom. The predicted octanol–water partition coefficient (Wildman–Crippen LogP) is 1.31. The van der Waals surface area contributed by atoms with Crippen LogP contribution in [0.3, 0.4) is 0 Å². The number of amides is 1. The third kappa shape index (κ3) is 3.68. The number of phenolic OH excluding ortho intramolecular Hbond substituents is 1. The fourth-order valence-electron chi connectivity index (χ4n) is 1.20. The molecule has 0 radical (unpaired) electrons. The van der Waals surface area contributed by atoms with Gasteiger partial charge in [-0.3, -0.25) is 4.79 Å². The second-order valence-corrected chi connectivity index (χ2v) is 4.32. The lowest BCUT2D eigenvalue weighted by Gasteiger charge is -1.99. The summed E-state index contributed by atoms with van der Waals surface area (Å²) in [6.45, 7) is 0. The molecular weight excluding hydrogens is 353 g/mol. The summed E-state index contributed by atoms with van der Waals surface area (Å²) in [6.07, 6.45) is 1.28. The Labute approximate surface area is 127 Å². The van der Waals surface area contributed by atoms with Crippen LogP contribution in [0.25, 0.3) is 0 Å². The fourth-order valence-corrected chi connectivity index (χ4v) is 1.57. The SMILES string of the molecule is Cl.Nc1nonc1C(=O)N/N=C/c1cc(Br)ccc1O. The monoisotopic (exact) mass is 361 g/mol. The van der Waals surface area contributed by atoms with Crippen LogP contribution < -0.4 is 11.2 Å². The molecule has 20 heavy (non-hydrogen) atoms. The molecule has 10 heteroatoms. The molecule has 0 aliphatic heterocycles. The maximum atomic E-state index is 11.5. The summed E-state index contributed by atoms with van der Waals surface area (Å²) in [6, 6.07) is 4.80. The maximum Gasteiger partial charge on any atom is 0.297 e. The van der Waals surface area contributed by atoms with Crippen molar-refractivity contribution < 1.29 is 14.5 Å². The van der Waals surface area contributed by atoms with E-state index in [2.05, 4.69) is 41.4 Å². The minimum absolute atomic E-state index is 0. The zero-order chi connectivity index (χ0) is 13.8. The van der Waals surface area contributed by atoms with E-state index < -0.39 is 5.91 Å². The summed E-state index contributed by atoms with van der Waals surface area (Å²) in [5, 5.41) is 19.8. The molecule has 8 nitrogen and oxygen atoms in total. The Morgan fingerprint density at radius 3 is 2.90 bits per heavy atom. The summed E-state index contributed by atoms with van der Waals surface area (Å²) in [7, 11) is 0. The van der Waals surface area contributed by atoms with E-state index in [1.165, 1.54) is 12.3 Å². The molecule has 0 bridgehead atoms. The Balaban J connectivity index is 0.00000200. The molecule has 0 aliphatic carbocycles. The highest BCUT2D eigenvalue weighted by Crippen LogP contribution is 2.19. The Hall–Kier alpha value is -2.13. The van der Waals surface area contributed by atoms with Crippen LogP contribution in [0.2, 0.25) is 0 Å². The Kier molecular flexibility index (Phi) is 5.47. The highest BCUT2D eigenvalue weighted by atomic mass is 79.9. The molecule has 106 valence electrons. The number of nitrogens with two attached hydrogens (primary N) is 1. The van der Waals surface area contributed by atoms with Crippen molar-refractivity contribution in [2.45, 2.75) is 0 Å². The number of aromatic nitrogens is 2. The molecule has 0 aliphatic rings. The highest BCUT2D eigenvalue weighted by molar-refractivity contribution is 9.10. The molecule has 0 spiro atoms. The van der Waals surface area contributed by atoms with Gasteiger partial charge in [0.2, 0.25) is 11.5 Å². The van der Waals surface area contributed by atoms with E-state index in [-0.39, 0.29) is 29.7 Å². The van der Waals surface area contributed by atoms with Gasteiger partial charge in [-0.15, -0.1) is 12.4 Å². The number of nitrogen functional groups attached to an aromatic ring is 1. The van der Waals surface area contributed by atoms with Crippen molar-refractivity contribution in [3.8, 4) is 5.75 Å². The Morgan fingerprint density at radius 1 is 1.50 bits per heavy atom. The average Bonchev–Trinajstić information content (AvgIpc) is 2.80. The van der Waals surface area contributed by atoms with Crippen LogP contribution in [0.15, 0.2) is 32.4 Å². The summed E-state index contributed by atoms with van der Waals surface area (Å²) < 4.78 is 5.05. The molecular formula is C10H9BrClN5O3. The van der Waals surface area contributed by atoms with Gasteiger partial charge in [0.05, 0.1) is 6.21 Å². The second kappa shape index (κ2) is 6.87. The number of carbonyl (C=O) groups is 1. The molecule has 0 saturated heterocycles. The molecule has 0 fully saturated rings. The van der Waals surface area contributed by atoms with E-state index in [1.54, 1.807) is 12.1 Å². The minimum Gasteiger partial charge on any atom is -0.507 e. The van der Waals surface area contributed by atoms with E-state index in [9.17, 15) is 9.90 Å². The normalized spacial score (nSPS) is 10.2. The number of rotatable bonds is 3. The number of hydrazone groups is 1. The van der Waals surface area contributed by atoms with Crippen LogP contribution in [0.4, 0.5) is 5.82 Å². The maximum absolute atomic E-state index is 11.5. The first-order valence-corrected chi connectivity index (χ1v) is 5.77. The molecule has 2 rings (SSSR count). The van der Waals surface area contributed by atoms with Gasteiger partial charge in [-0.2, -0.15) is 5.10 Å². The fraction of sp³-hybridized carbons (Fsp3) is 0. The van der Waals surface area contributed by atoms with Gasteiger partial charge in [-0.05, 0) is 28.5 Å². The molecule has 4 N–H and O–H groups in total. The third-order valence-electron chi connectivity index (χ3n) is 2.09. The smallest absolute Gasteiger partial charge is 0.297 e. The van der Waals surface area contributed by atoms with Gasteiger partial charge in [0, 0.05) is 10.0 Å². The van der Waals surface area contributed by atoms with Crippen LogP contribution in [0.1, 0.15) is 16.1 Å². The summed E-state index contributed by atoms with van der Waals surface area (Å²) in [5.74, 6) is -0.758. The summed E-state index contributed by atoms with van der Waals surface area (Å²) in [5.41, 5.74) is 7.80. The van der Waals surface area contributed by atoms with Gasteiger partial charge in [0.1, 0.15) is 5.75 Å². The average molecular weight is 363 g/mol. The number of hydrogen-bond acceptors (Lipinski definition) is 7. The number of halogens is 2. The molecule has 1 aromatic heterocycles. The first kappa shape index (κ1) is 15.9. The highest BCUT2D eigenvalue weighted by Gasteiger charge is 2.14. The van der Waals surface area contributed by atoms with E-state index in [4.69, 9.17) is 5.73 Å². The topological polar surface area (TPSA) is 127 Å². The summed E-state index contributed by atoms with van der Waals surface area (Å²) in [4.78, 5) is 11.5. The molecule has 1 heterocycles. The largest absolute Gasteiger partial charge is 0.507 e. The van der Waals surface area contributed by atoms with Crippen molar-refractivity contribution in [2.75, 3.05) is 5.73 Å². The van der Waals surface area contributed by atoms with Crippen LogP contribution in [0, 0.1) is 0 Å². The van der Waals surface area contributed by atoms with Crippen LogP contribution >= 0.6 is 28.3 Å². The van der Waals surface area contributed by atoms with Crippen LogP contribution in [-0.4, -0.2) is 27.5 Å². The van der Waals surface area contributed by atoms with Crippen molar-refractivity contribution in [1.29, 1.82) is 0 Å². The third-order valence-corrected chi connectivity index (χ3v) is 2.58. The number of aromatic hydroxyl groups is 1. The van der Waals surface area contributed by atoms with Gasteiger partial charge in [0.15, 0.2) is 0 Å². The standard InChI is InChI=1S/C10H8BrN5O3.ClH/c11-6-1-2-7(17)5(3-6)4-13-14-10(18)8-9(12)16-19-15-8;/h1-4,17H,(H2,12,16)(H,14,18);1H/b13-4+;. The lowest BCUT2D eigenvalue weighted by atomic mass is 10.2. The lowest BCUT2D eigenvalue weighted by molar-refractivity contribution is 0.0946. The molecule has 0 unspecified atom stereocenters.